The molecule has 0 aromatic rings. The van der Waals surface area contributed by atoms with Crippen LogP contribution in [0.25, 0.3) is 0 Å². The van der Waals surface area contributed by atoms with Crippen molar-refractivity contribution >= 4 is 5.78 Å². The van der Waals surface area contributed by atoms with Crippen molar-refractivity contribution in [1.29, 1.82) is 0 Å². The number of Topliss-reactive ketones (excluding diaryl/α,β-unsaturated/α-hetero) is 1. The van der Waals surface area contributed by atoms with Gasteiger partial charge in [-0.15, -0.1) is 0 Å². The highest BCUT2D eigenvalue weighted by Crippen LogP contribution is 2.72. The Morgan fingerprint density at radius 3 is 2.33 bits per heavy atom. The van der Waals surface area contributed by atoms with E-state index in [0.29, 0.717) is 18.8 Å². The van der Waals surface area contributed by atoms with Gasteiger partial charge in [-0.3, -0.25) is 4.79 Å². The quantitative estimate of drug-likeness (QED) is 0.745. The smallest absolute Gasteiger partial charge is 0.145 e. The molecule has 2 N–H and O–H groups in total. The van der Waals surface area contributed by atoms with E-state index in [0.717, 1.165) is 0 Å². The number of aliphatic hydroxyl groups excluding tert-OH is 2. The van der Waals surface area contributed by atoms with Crippen LogP contribution in [0.15, 0.2) is 0 Å². The predicted molar refractivity (Wildman–Crippen MR) is 67.8 cm³/mol. The molecule has 3 aliphatic rings. The summed E-state index contributed by atoms with van der Waals surface area (Å²) in [5.41, 5.74) is -1.15. The standard InChI is InChI=1S/C15H24O3/c1-7(2)8-5-10(16)14(3)9-6-11(17)15(14,4)13(18)12(8)9/h7-12,16-17H,5-6H2,1-4H3/t8-,9-,10+,11-,12-,14+,15-/m0/s1. The third kappa shape index (κ3) is 1.04. The largest absolute Gasteiger partial charge is 0.393 e. The molecular formula is C15H24O3. The molecule has 3 nitrogen and oxygen atoms in total. The number of aliphatic hydroxyl groups is 2. The summed E-state index contributed by atoms with van der Waals surface area (Å²) in [5.74, 6) is 1.13. The number of carbonyl (C=O) groups is 1. The molecule has 3 rings (SSSR count). The van der Waals surface area contributed by atoms with Crippen molar-refractivity contribution in [1.82, 2.24) is 0 Å². The molecule has 102 valence electrons. The zero-order valence-corrected chi connectivity index (χ0v) is 11.7. The molecule has 18 heavy (non-hydrogen) atoms. The second-order valence-electron chi connectivity index (χ2n) is 7.39. The first-order valence-corrected chi connectivity index (χ1v) is 7.16. The molecule has 3 heteroatoms. The Balaban J connectivity index is 2.13. The molecule has 0 heterocycles. The van der Waals surface area contributed by atoms with E-state index >= 15 is 0 Å². The van der Waals surface area contributed by atoms with Gasteiger partial charge in [-0.2, -0.15) is 0 Å². The summed E-state index contributed by atoms with van der Waals surface area (Å²) in [4.78, 5) is 12.8. The summed E-state index contributed by atoms with van der Waals surface area (Å²) in [6.45, 7) is 8.18. The minimum atomic E-state index is -0.731. The number of hydrogen-bond acceptors (Lipinski definition) is 3. The highest BCUT2D eigenvalue weighted by Gasteiger charge is 2.77. The Kier molecular flexibility index (Phi) is 2.36. The SMILES string of the molecule is CC(C)[C@@H]1C[C@@H](O)[C@@]2(C)[C@H]3C[C@H](O)[C@@]2(C)C(=O)[C@@H]13. The van der Waals surface area contributed by atoms with E-state index in [-0.39, 0.29) is 23.5 Å². The third-order valence-corrected chi connectivity index (χ3v) is 6.79. The highest BCUT2D eigenvalue weighted by atomic mass is 16.3. The topological polar surface area (TPSA) is 57.5 Å². The van der Waals surface area contributed by atoms with Crippen molar-refractivity contribution in [2.75, 3.05) is 0 Å². The lowest BCUT2D eigenvalue weighted by atomic mass is 9.60. The van der Waals surface area contributed by atoms with Gasteiger partial charge in [0.1, 0.15) is 5.78 Å². The van der Waals surface area contributed by atoms with E-state index in [2.05, 4.69) is 13.8 Å². The Hall–Kier alpha value is -0.410. The summed E-state index contributed by atoms with van der Waals surface area (Å²) in [7, 11) is 0. The summed E-state index contributed by atoms with van der Waals surface area (Å²) >= 11 is 0. The van der Waals surface area contributed by atoms with Crippen LogP contribution in [0.1, 0.15) is 40.5 Å². The molecule has 3 fully saturated rings. The Morgan fingerprint density at radius 2 is 1.78 bits per heavy atom. The molecule has 0 radical (unpaired) electrons. The van der Waals surface area contributed by atoms with E-state index in [4.69, 9.17) is 0 Å². The van der Waals surface area contributed by atoms with Crippen LogP contribution >= 0.6 is 0 Å². The number of rotatable bonds is 1. The maximum Gasteiger partial charge on any atom is 0.145 e. The molecule has 7 atom stereocenters. The number of carbonyl (C=O) groups excluding carboxylic acids is 1. The van der Waals surface area contributed by atoms with Crippen molar-refractivity contribution in [3.8, 4) is 0 Å². The van der Waals surface area contributed by atoms with Gasteiger partial charge in [-0.05, 0) is 37.5 Å². The maximum absolute atomic E-state index is 12.8. The third-order valence-electron chi connectivity index (χ3n) is 6.79. The molecule has 0 aliphatic heterocycles. The van der Waals surface area contributed by atoms with Crippen LogP contribution in [0.5, 0.6) is 0 Å². The van der Waals surface area contributed by atoms with Gasteiger partial charge < -0.3 is 10.2 Å². The lowest BCUT2D eigenvalue weighted by molar-refractivity contribution is -0.141. The van der Waals surface area contributed by atoms with Gasteiger partial charge in [-0.1, -0.05) is 20.8 Å². The van der Waals surface area contributed by atoms with Gasteiger partial charge in [0, 0.05) is 11.3 Å². The average molecular weight is 252 g/mol. The average Bonchev–Trinajstić information content (AvgIpc) is 2.56. The normalized spacial score (nSPS) is 58.6. The molecular weight excluding hydrogens is 228 g/mol. The van der Waals surface area contributed by atoms with Crippen molar-refractivity contribution < 1.29 is 15.0 Å². The lowest BCUT2D eigenvalue weighted by Crippen LogP contribution is -2.49. The minimum Gasteiger partial charge on any atom is -0.393 e. The van der Waals surface area contributed by atoms with Crippen molar-refractivity contribution in [3.63, 3.8) is 0 Å². The monoisotopic (exact) mass is 252 g/mol. The fraction of sp³-hybridized carbons (Fsp3) is 0.933. The molecule has 0 amide bonds. The summed E-state index contributed by atoms with van der Waals surface area (Å²) in [6.07, 6.45) is 0.365. The zero-order valence-electron chi connectivity index (χ0n) is 11.7. The van der Waals surface area contributed by atoms with Crippen molar-refractivity contribution in [2.24, 2.45) is 34.5 Å². The molecule has 3 aliphatic carbocycles. The van der Waals surface area contributed by atoms with Crippen LogP contribution in [0, 0.1) is 34.5 Å². The van der Waals surface area contributed by atoms with Crippen molar-refractivity contribution in [2.45, 2.75) is 52.7 Å². The second-order valence-corrected chi connectivity index (χ2v) is 7.39. The molecule has 4 bridgehead atoms. The Labute approximate surface area is 109 Å². The van der Waals surface area contributed by atoms with Gasteiger partial charge in [0.15, 0.2) is 0 Å². The zero-order chi connectivity index (χ0) is 13.5. The summed E-state index contributed by atoms with van der Waals surface area (Å²) in [6, 6.07) is 0. The van der Waals surface area contributed by atoms with E-state index in [1.807, 2.05) is 13.8 Å². The Bertz CT molecular complexity index is 405. The molecule has 0 saturated heterocycles. The minimum absolute atomic E-state index is 0.0619. The first-order chi connectivity index (χ1) is 8.26. The van der Waals surface area contributed by atoms with Crippen LogP contribution in [0.3, 0.4) is 0 Å². The van der Waals surface area contributed by atoms with Crippen LogP contribution < -0.4 is 0 Å². The molecule has 0 unspecified atom stereocenters. The molecule has 0 spiro atoms. The molecule has 3 saturated carbocycles. The number of ketones is 1. The summed E-state index contributed by atoms with van der Waals surface area (Å²) < 4.78 is 0. The Morgan fingerprint density at radius 1 is 1.17 bits per heavy atom. The van der Waals surface area contributed by atoms with Gasteiger partial charge in [-0.25, -0.2) is 0 Å². The van der Waals surface area contributed by atoms with Gasteiger partial charge in [0.05, 0.1) is 17.6 Å². The van der Waals surface area contributed by atoms with Gasteiger partial charge in [0.25, 0.3) is 0 Å². The van der Waals surface area contributed by atoms with Gasteiger partial charge in [0.2, 0.25) is 0 Å². The van der Waals surface area contributed by atoms with E-state index in [1.54, 1.807) is 0 Å². The molecule has 0 aromatic heterocycles. The fourth-order valence-electron chi connectivity index (χ4n) is 5.37. The second kappa shape index (κ2) is 3.37. The lowest BCUT2D eigenvalue weighted by Gasteiger charge is -2.46. The van der Waals surface area contributed by atoms with Crippen LogP contribution in [0.4, 0.5) is 0 Å². The maximum atomic E-state index is 12.8. The van der Waals surface area contributed by atoms with E-state index < -0.39 is 23.0 Å². The van der Waals surface area contributed by atoms with Crippen LogP contribution in [-0.4, -0.2) is 28.2 Å². The first kappa shape index (κ1) is 12.6. The summed E-state index contributed by atoms with van der Waals surface area (Å²) in [5, 5.41) is 20.9. The predicted octanol–water partition coefficient (Wildman–Crippen LogP) is 1.62. The fourth-order valence-corrected chi connectivity index (χ4v) is 5.37. The molecule has 0 aromatic carbocycles. The number of hydrogen-bond donors (Lipinski definition) is 2. The van der Waals surface area contributed by atoms with Gasteiger partial charge >= 0.3 is 0 Å². The highest BCUT2D eigenvalue weighted by molar-refractivity contribution is 5.93. The van der Waals surface area contributed by atoms with E-state index in [1.165, 1.54) is 0 Å². The van der Waals surface area contributed by atoms with E-state index in [9.17, 15) is 15.0 Å². The van der Waals surface area contributed by atoms with Crippen molar-refractivity contribution in [3.05, 3.63) is 0 Å². The van der Waals surface area contributed by atoms with Crippen LogP contribution in [0.2, 0.25) is 0 Å². The first-order valence-electron chi connectivity index (χ1n) is 7.16. The van der Waals surface area contributed by atoms with Crippen LogP contribution in [-0.2, 0) is 4.79 Å².